The topological polar surface area (TPSA) is 70.4 Å². The number of rotatable bonds is 8. The van der Waals surface area contributed by atoms with Gasteiger partial charge in [0.05, 0.1) is 6.20 Å². The number of hydrogen-bond acceptors (Lipinski definition) is 4. The average Bonchev–Trinajstić information content (AvgIpc) is 2.70. The van der Waals surface area contributed by atoms with E-state index in [2.05, 4.69) is 29.0 Å². The number of halogens is 1. The summed E-state index contributed by atoms with van der Waals surface area (Å²) in [5.74, 6) is -0.540. The molecule has 0 aliphatic rings. The average molecular weight is 289 g/mol. The molecule has 0 saturated carbocycles. The predicted octanol–water partition coefficient (Wildman–Crippen LogP) is 1.13. The largest absolute Gasteiger partial charge is 0.480 e. The van der Waals surface area contributed by atoms with Crippen LogP contribution in [0.5, 0.6) is 0 Å². The van der Waals surface area contributed by atoms with Crippen LogP contribution in [0.15, 0.2) is 6.20 Å². The normalized spacial score (nSPS) is 12.9. The molecule has 0 amide bonds. The number of aromatic nitrogens is 2. The summed E-state index contributed by atoms with van der Waals surface area (Å²) in [5, 5.41) is 12.7. The molecular formula is C12H21ClN4O2. The van der Waals surface area contributed by atoms with E-state index in [4.69, 9.17) is 11.6 Å². The molecule has 0 aromatic carbocycles. The van der Waals surface area contributed by atoms with Crippen molar-refractivity contribution in [2.24, 2.45) is 7.05 Å². The zero-order valence-corrected chi connectivity index (χ0v) is 12.3. The summed E-state index contributed by atoms with van der Waals surface area (Å²) >= 11 is 5.88. The molecule has 2 N–H and O–H groups in total. The fourth-order valence-electron chi connectivity index (χ4n) is 1.87. The summed E-state index contributed by atoms with van der Waals surface area (Å²) in [7, 11) is 1.70. The third-order valence-electron chi connectivity index (χ3n) is 3.14. The Hall–Kier alpha value is -1.11. The van der Waals surface area contributed by atoms with E-state index in [-0.39, 0.29) is 0 Å². The molecule has 1 rings (SSSR count). The number of likely N-dealkylation sites (N-methyl/N-ethyl adjacent to an activating group) is 1. The highest BCUT2D eigenvalue weighted by molar-refractivity contribution is 6.29. The van der Waals surface area contributed by atoms with Crippen LogP contribution in [0.3, 0.4) is 0 Å². The highest BCUT2D eigenvalue weighted by Crippen LogP contribution is 2.16. The van der Waals surface area contributed by atoms with Gasteiger partial charge in [-0.3, -0.25) is 10.1 Å². The van der Waals surface area contributed by atoms with Crippen molar-refractivity contribution in [3.8, 4) is 0 Å². The molecule has 0 fully saturated rings. The van der Waals surface area contributed by atoms with Gasteiger partial charge in [-0.05, 0) is 13.1 Å². The van der Waals surface area contributed by atoms with Gasteiger partial charge in [0.1, 0.15) is 11.0 Å². The Labute approximate surface area is 118 Å². The number of carboxylic acids is 1. The van der Waals surface area contributed by atoms with Crippen molar-refractivity contribution in [2.75, 3.05) is 26.2 Å². The first-order valence-electron chi connectivity index (χ1n) is 6.36. The Balaban J connectivity index is 2.65. The molecule has 108 valence electrons. The summed E-state index contributed by atoms with van der Waals surface area (Å²) in [6.07, 6.45) is 1.46. The highest BCUT2D eigenvalue weighted by atomic mass is 35.5. The van der Waals surface area contributed by atoms with Crippen LogP contribution in [-0.2, 0) is 11.8 Å². The Kier molecular flexibility index (Phi) is 6.27. The molecule has 1 aromatic heterocycles. The lowest BCUT2D eigenvalue weighted by Gasteiger charge is -2.20. The number of nitrogens with one attached hydrogen (secondary N) is 1. The van der Waals surface area contributed by atoms with Crippen molar-refractivity contribution in [3.05, 3.63) is 17.2 Å². The van der Waals surface area contributed by atoms with Crippen LogP contribution in [0.2, 0.25) is 5.15 Å². The minimum absolute atomic E-state index is 0.414. The molecule has 0 aliphatic carbocycles. The van der Waals surface area contributed by atoms with Gasteiger partial charge in [-0.25, -0.2) is 4.98 Å². The minimum atomic E-state index is -0.954. The van der Waals surface area contributed by atoms with Crippen molar-refractivity contribution in [1.29, 1.82) is 0 Å². The van der Waals surface area contributed by atoms with E-state index in [0.29, 0.717) is 17.5 Å². The molecule has 1 aromatic rings. The Morgan fingerprint density at radius 2 is 2.21 bits per heavy atom. The van der Waals surface area contributed by atoms with Crippen LogP contribution in [0.1, 0.15) is 25.7 Å². The molecule has 1 unspecified atom stereocenters. The highest BCUT2D eigenvalue weighted by Gasteiger charge is 2.24. The maximum atomic E-state index is 11.3. The zero-order chi connectivity index (χ0) is 14.4. The Morgan fingerprint density at radius 3 is 2.63 bits per heavy atom. The van der Waals surface area contributed by atoms with Gasteiger partial charge < -0.3 is 14.6 Å². The molecule has 19 heavy (non-hydrogen) atoms. The Morgan fingerprint density at radius 1 is 1.58 bits per heavy atom. The lowest BCUT2D eigenvalue weighted by atomic mass is 10.2. The monoisotopic (exact) mass is 288 g/mol. The fourth-order valence-corrected chi connectivity index (χ4v) is 2.00. The van der Waals surface area contributed by atoms with Gasteiger partial charge in [0.15, 0.2) is 6.04 Å². The molecule has 0 spiro atoms. The predicted molar refractivity (Wildman–Crippen MR) is 74.4 cm³/mol. The van der Waals surface area contributed by atoms with Crippen LogP contribution in [0.4, 0.5) is 0 Å². The molecule has 0 radical (unpaired) electrons. The van der Waals surface area contributed by atoms with E-state index in [1.165, 1.54) is 6.20 Å². The van der Waals surface area contributed by atoms with Crippen LogP contribution >= 0.6 is 11.6 Å². The van der Waals surface area contributed by atoms with Gasteiger partial charge in [-0.1, -0.05) is 25.4 Å². The fraction of sp³-hybridized carbons (Fsp3) is 0.667. The first-order valence-corrected chi connectivity index (χ1v) is 6.74. The second kappa shape index (κ2) is 7.47. The van der Waals surface area contributed by atoms with Crippen LogP contribution in [0.25, 0.3) is 0 Å². The third kappa shape index (κ3) is 4.19. The van der Waals surface area contributed by atoms with Gasteiger partial charge >= 0.3 is 5.97 Å². The summed E-state index contributed by atoms with van der Waals surface area (Å²) in [6, 6.07) is -0.840. The molecule has 6 nitrogen and oxygen atoms in total. The number of nitrogens with zero attached hydrogens (tertiary/aromatic N) is 3. The summed E-state index contributed by atoms with van der Waals surface area (Å²) < 4.78 is 1.57. The molecule has 0 bridgehead atoms. The molecular weight excluding hydrogens is 268 g/mol. The van der Waals surface area contributed by atoms with Crippen molar-refractivity contribution in [3.63, 3.8) is 0 Å². The van der Waals surface area contributed by atoms with E-state index in [1.54, 1.807) is 11.6 Å². The van der Waals surface area contributed by atoms with E-state index in [0.717, 1.165) is 19.6 Å². The van der Waals surface area contributed by atoms with E-state index >= 15 is 0 Å². The lowest BCUT2D eigenvalue weighted by Crippen LogP contribution is -2.37. The minimum Gasteiger partial charge on any atom is -0.480 e. The van der Waals surface area contributed by atoms with Crippen molar-refractivity contribution in [2.45, 2.75) is 19.9 Å². The van der Waals surface area contributed by atoms with Crippen LogP contribution in [0, 0.1) is 0 Å². The number of carbonyl (C=O) groups is 1. The smallest absolute Gasteiger partial charge is 0.328 e. The van der Waals surface area contributed by atoms with Crippen molar-refractivity contribution >= 4 is 17.6 Å². The second-order valence-corrected chi connectivity index (χ2v) is 4.64. The van der Waals surface area contributed by atoms with Gasteiger partial charge in [0.2, 0.25) is 0 Å². The third-order valence-corrected chi connectivity index (χ3v) is 3.49. The number of carboxylic acid groups (broad SMARTS) is 1. The molecule has 0 saturated heterocycles. The maximum Gasteiger partial charge on any atom is 0.328 e. The first kappa shape index (κ1) is 15.9. The van der Waals surface area contributed by atoms with Crippen molar-refractivity contribution < 1.29 is 9.90 Å². The quantitative estimate of drug-likeness (QED) is 0.750. The summed E-state index contributed by atoms with van der Waals surface area (Å²) in [4.78, 5) is 17.6. The number of imidazole rings is 1. The number of aliphatic carboxylic acids is 1. The van der Waals surface area contributed by atoms with Crippen LogP contribution < -0.4 is 5.32 Å². The second-order valence-electron chi connectivity index (χ2n) is 4.25. The first-order chi connectivity index (χ1) is 9.01. The Bertz CT molecular complexity index is 418. The van der Waals surface area contributed by atoms with Crippen LogP contribution in [-0.4, -0.2) is 51.7 Å². The summed E-state index contributed by atoms with van der Waals surface area (Å²) in [5.41, 5.74) is 0. The van der Waals surface area contributed by atoms with E-state index in [9.17, 15) is 9.90 Å². The zero-order valence-electron chi connectivity index (χ0n) is 11.6. The molecule has 1 atom stereocenters. The summed E-state index contributed by atoms with van der Waals surface area (Å²) in [6.45, 7) is 7.44. The molecule has 1 heterocycles. The van der Waals surface area contributed by atoms with Crippen molar-refractivity contribution in [1.82, 2.24) is 19.8 Å². The van der Waals surface area contributed by atoms with Gasteiger partial charge in [-0.2, -0.15) is 0 Å². The van der Waals surface area contributed by atoms with E-state index in [1.807, 2.05) is 0 Å². The standard InChI is InChI=1S/C12H21ClN4O2/c1-4-17(5-2)7-6-14-10(12(18)19)11-15-8-9(13)16(11)3/h8,10,14H,4-7H2,1-3H3,(H,18,19). The SMILES string of the molecule is CCN(CC)CCNC(C(=O)O)c1ncc(Cl)n1C. The lowest BCUT2D eigenvalue weighted by molar-refractivity contribution is -0.139. The van der Waals surface area contributed by atoms with E-state index < -0.39 is 12.0 Å². The number of hydrogen-bond donors (Lipinski definition) is 2. The molecule has 0 aliphatic heterocycles. The van der Waals surface area contributed by atoms with Gasteiger partial charge in [0.25, 0.3) is 0 Å². The van der Waals surface area contributed by atoms with Gasteiger partial charge in [0, 0.05) is 20.1 Å². The maximum absolute atomic E-state index is 11.3. The molecule has 7 heteroatoms. The van der Waals surface area contributed by atoms with Gasteiger partial charge in [-0.15, -0.1) is 0 Å².